The van der Waals surface area contributed by atoms with E-state index in [0.29, 0.717) is 18.8 Å². The molecule has 2 fully saturated rings. The van der Waals surface area contributed by atoms with Crippen molar-refractivity contribution in [1.29, 1.82) is 0 Å². The average molecular weight is 339 g/mol. The van der Waals surface area contributed by atoms with E-state index < -0.39 is 9.84 Å². The van der Waals surface area contributed by atoms with Crippen LogP contribution in [0.15, 0.2) is 0 Å². The Labute approximate surface area is 119 Å². The second kappa shape index (κ2) is 5.80. The van der Waals surface area contributed by atoms with Gasteiger partial charge in [0.05, 0.1) is 17.1 Å². The molecule has 1 saturated heterocycles. The zero-order valence-electron chi connectivity index (χ0n) is 11.0. The summed E-state index contributed by atoms with van der Waals surface area (Å²) in [6.45, 7) is 2.48. The topological polar surface area (TPSA) is 43.4 Å². The number of hydrogen-bond acceptors (Lipinski definition) is 3. The van der Waals surface area contributed by atoms with E-state index >= 15 is 0 Å². The molecule has 0 spiro atoms. The third-order valence-corrected chi connectivity index (χ3v) is 8.22. The fourth-order valence-corrected chi connectivity index (χ4v) is 6.93. The highest BCUT2D eigenvalue weighted by atomic mass is 79.9. The minimum absolute atomic E-state index is 0.0284. The quantitative estimate of drug-likeness (QED) is 0.740. The molecule has 5 heteroatoms. The first kappa shape index (κ1) is 14.8. The summed E-state index contributed by atoms with van der Waals surface area (Å²) in [4.78, 5) is 0. The lowest BCUT2D eigenvalue weighted by atomic mass is 9.77. The number of halogens is 1. The van der Waals surface area contributed by atoms with Crippen molar-refractivity contribution in [2.45, 2.75) is 56.8 Å². The van der Waals surface area contributed by atoms with E-state index in [2.05, 4.69) is 15.9 Å². The van der Waals surface area contributed by atoms with Gasteiger partial charge in [0.1, 0.15) is 0 Å². The molecular formula is C13H23BrO3S. The maximum absolute atomic E-state index is 12.6. The first-order chi connectivity index (χ1) is 8.49. The molecule has 0 bridgehead atoms. The number of alkyl halides is 1. The summed E-state index contributed by atoms with van der Waals surface area (Å²) in [6, 6.07) is 0. The zero-order chi connectivity index (χ0) is 13.2. The molecular weight excluding hydrogens is 316 g/mol. The molecule has 0 aromatic rings. The van der Waals surface area contributed by atoms with E-state index in [1.165, 1.54) is 6.42 Å². The van der Waals surface area contributed by atoms with Gasteiger partial charge in [-0.25, -0.2) is 8.42 Å². The van der Waals surface area contributed by atoms with Gasteiger partial charge >= 0.3 is 0 Å². The molecule has 3 nitrogen and oxygen atoms in total. The molecule has 2 unspecified atom stereocenters. The van der Waals surface area contributed by atoms with Crippen molar-refractivity contribution in [1.82, 2.24) is 0 Å². The van der Waals surface area contributed by atoms with Crippen molar-refractivity contribution >= 4 is 25.8 Å². The van der Waals surface area contributed by atoms with Crippen LogP contribution in [0.3, 0.4) is 0 Å². The predicted molar refractivity (Wildman–Crippen MR) is 76.9 cm³/mol. The van der Waals surface area contributed by atoms with Gasteiger partial charge in [0.2, 0.25) is 0 Å². The highest BCUT2D eigenvalue weighted by Crippen LogP contribution is 2.40. The van der Waals surface area contributed by atoms with Crippen LogP contribution < -0.4 is 0 Å². The molecule has 2 aliphatic rings. The van der Waals surface area contributed by atoms with E-state index in [1.807, 2.05) is 6.92 Å². The van der Waals surface area contributed by atoms with Gasteiger partial charge in [-0.2, -0.15) is 0 Å². The summed E-state index contributed by atoms with van der Waals surface area (Å²) in [5.74, 6) is 0.337. The molecule has 1 heterocycles. The number of hydrogen-bond donors (Lipinski definition) is 0. The summed E-state index contributed by atoms with van der Waals surface area (Å²) in [6.07, 6.45) is 6.19. The average Bonchev–Trinajstić information content (AvgIpc) is 2.77. The van der Waals surface area contributed by atoms with E-state index in [9.17, 15) is 8.42 Å². The molecule has 106 valence electrons. The molecule has 0 radical (unpaired) electrons. The lowest BCUT2D eigenvalue weighted by Crippen LogP contribution is -2.40. The first-order valence-corrected chi connectivity index (χ1v) is 9.72. The normalized spacial score (nSPS) is 32.6. The van der Waals surface area contributed by atoms with Gasteiger partial charge in [0.25, 0.3) is 0 Å². The second-order valence-electron chi connectivity index (χ2n) is 5.90. The van der Waals surface area contributed by atoms with Crippen LogP contribution >= 0.6 is 15.9 Å². The Morgan fingerprint density at radius 3 is 2.44 bits per heavy atom. The van der Waals surface area contributed by atoms with E-state index in [-0.39, 0.29) is 16.8 Å². The fraction of sp³-hybridized carbons (Fsp3) is 1.00. The smallest absolute Gasteiger partial charge is 0.156 e. The Hall–Kier alpha value is 0.390. The molecule has 0 aromatic carbocycles. The Morgan fingerprint density at radius 2 is 1.94 bits per heavy atom. The highest BCUT2D eigenvalue weighted by Gasteiger charge is 2.42. The molecule has 18 heavy (non-hydrogen) atoms. The monoisotopic (exact) mass is 338 g/mol. The lowest BCUT2D eigenvalue weighted by Gasteiger charge is -2.36. The zero-order valence-corrected chi connectivity index (χ0v) is 13.4. The van der Waals surface area contributed by atoms with Crippen LogP contribution in [0.2, 0.25) is 0 Å². The van der Waals surface area contributed by atoms with E-state index in [0.717, 1.165) is 31.0 Å². The lowest BCUT2D eigenvalue weighted by molar-refractivity contribution is 0.126. The van der Waals surface area contributed by atoms with Crippen LogP contribution in [0.4, 0.5) is 0 Å². The molecule has 1 aliphatic heterocycles. The molecule has 1 aliphatic carbocycles. The van der Waals surface area contributed by atoms with Gasteiger partial charge in [-0.3, -0.25) is 0 Å². The fourth-order valence-electron chi connectivity index (χ4n) is 3.34. The summed E-state index contributed by atoms with van der Waals surface area (Å²) < 4.78 is 30.6. The van der Waals surface area contributed by atoms with Crippen molar-refractivity contribution < 1.29 is 13.2 Å². The molecule has 0 aromatic heterocycles. The standard InChI is InChI=1S/C13H23BrO3S/c1-11-12(5-8-17-11)18(15,16)10-13(9-14)6-3-2-4-7-13/h11-12H,2-10H2,1H3. The maximum Gasteiger partial charge on any atom is 0.156 e. The van der Waals surface area contributed by atoms with Gasteiger partial charge in [0.15, 0.2) is 9.84 Å². The summed E-state index contributed by atoms with van der Waals surface area (Å²) in [7, 11) is -3.03. The number of sulfone groups is 1. The van der Waals surface area contributed by atoms with Crippen LogP contribution in [0.5, 0.6) is 0 Å². The van der Waals surface area contributed by atoms with Crippen LogP contribution in [0, 0.1) is 5.41 Å². The predicted octanol–water partition coefficient (Wildman–Crippen LogP) is 2.92. The third-order valence-electron chi connectivity index (χ3n) is 4.47. The van der Waals surface area contributed by atoms with Crippen molar-refractivity contribution in [3.8, 4) is 0 Å². The molecule has 2 atom stereocenters. The first-order valence-electron chi connectivity index (χ1n) is 6.88. The van der Waals surface area contributed by atoms with Gasteiger partial charge < -0.3 is 4.74 Å². The molecule has 0 N–H and O–H groups in total. The van der Waals surface area contributed by atoms with Gasteiger partial charge in [0, 0.05) is 11.9 Å². The van der Waals surface area contributed by atoms with Crippen molar-refractivity contribution in [2.24, 2.45) is 5.41 Å². The molecule has 2 rings (SSSR count). The largest absolute Gasteiger partial charge is 0.377 e. The van der Waals surface area contributed by atoms with Crippen LogP contribution in [0.25, 0.3) is 0 Å². The van der Waals surface area contributed by atoms with E-state index in [4.69, 9.17) is 4.74 Å². The third kappa shape index (κ3) is 3.10. The Bertz CT molecular complexity index is 374. The van der Waals surface area contributed by atoms with Gasteiger partial charge in [-0.15, -0.1) is 0 Å². The maximum atomic E-state index is 12.6. The van der Waals surface area contributed by atoms with Crippen LogP contribution in [-0.4, -0.2) is 37.5 Å². The molecule has 1 saturated carbocycles. The van der Waals surface area contributed by atoms with Crippen LogP contribution in [0.1, 0.15) is 45.4 Å². The number of rotatable bonds is 4. The van der Waals surface area contributed by atoms with Crippen molar-refractivity contribution in [2.75, 3.05) is 17.7 Å². The summed E-state index contributed by atoms with van der Waals surface area (Å²) >= 11 is 3.55. The molecule has 0 amide bonds. The minimum atomic E-state index is -3.03. The SMILES string of the molecule is CC1OCCC1S(=O)(=O)CC1(CBr)CCCCC1. The van der Waals surface area contributed by atoms with Gasteiger partial charge in [-0.05, 0) is 31.6 Å². The van der Waals surface area contributed by atoms with Gasteiger partial charge in [-0.1, -0.05) is 35.2 Å². The Kier molecular flexibility index (Phi) is 4.76. The summed E-state index contributed by atoms with van der Waals surface area (Å²) in [5.41, 5.74) is -0.0284. The number of ether oxygens (including phenoxy) is 1. The van der Waals surface area contributed by atoms with Crippen molar-refractivity contribution in [3.05, 3.63) is 0 Å². The highest BCUT2D eigenvalue weighted by molar-refractivity contribution is 9.09. The summed E-state index contributed by atoms with van der Waals surface area (Å²) in [5, 5.41) is 0.525. The Balaban J connectivity index is 2.10. The Morgan fingerprint density at radius 1 is 1.28 bits per heavy atom. The van der Waals surface area contributed by atoms with Crippen LogP contribution in [-0.2, 0) is 14.6 Å². The second-order valence-corrected chi connectivity index (χ2v) is 8.69. The van der Waals surface area contributed by atoms with Crippen molar-refractivity contribution in [3.63, 3.8) is 0 Å². The minimum Gasteiger partial charge on any atom is -0.377 e. The van der Waals surface area contributed by atoms with E-state index in [1.54, 1.807) is 0 Å².